The van der Waals surface area contributed by atoms with Crippen molar-refractivity contribution in [3.05, 3.63) is 70.5 Å². The van der Waals surface area contributed by atoms with Gasteiger partial charge in [-0.05, 0) is 61.9 Å². The number of ketones is 1. The van der Waals surface area contributed by atoms with Crippen LogP contribution in [-0.2, 0) is 17.6 Å². The second-order valence-corrected chi connectivity index (χ2v) is 8.36. The number of rotatable bonds is 4. The van der Waals surface area contributed by atoms with Crippen LogP contribution in [0.1, 0.15) is 51.0 Å². The van der Waals surface area contributed by atoms with E-state index in [0.29, 0.717) is 17.0 Å². The van der Waals surface area contributed by atoms with E-state index in [0.717, 1.165) is 40.3 Å². The maximum atomic E-state index is 12.8. The molecule has 0 radical (unpaired) electrons. The fourth-order valence-corrected chi connectivity index (χ4v) is 4.64. The second-order valence-electron chi connectivity index (χ2n) is 8.36. The monoisotopic (exact) mass is 400 g/mol. The maximum Gasteiger partial charge on any atom is 0.338 e. The van der Waals surface area contributed by atoms with Gasteiger partial charge >= 0.3 is 5.97 Å². The van der Waals surface area contributed by atoms with Crippen LogP contribution < -0.4 is 0 Å². The first-order valence-electron chi connectivity index (χ1n) is 10.4. The highest BCUT2D eigenvalue weighted by molar-refractivity contribution is 6.10. The Morgan fingerprint density at radius 2 is 1.87 bits per heavy atom. The van der Waals surface area contributed by atoms with E-state index in [1.54, 1.807) is 6.07 Å². The van der Waals surface area contributed by atoms with Crippen molar-refractivity contribution < 1.29 is 14.3 Å². The predicted octanol–water partition coefficient (Wildman–Crippen LogP) is 5.12. The van der Waals surface area contributed by atoms with E-state index in [4.69, 9.17) is 4.74 Å². The number of aromatic amines is 2. The molecule has 1 aliphatic rings. The normalized spacial score (nSPS) is 16.0. The summed E-state index contributed by atoms with van der Waals surface area (Å²) in [6.07, 6.45) is 3.25. The Hall–Kier alpha value is -3.34. The lowest BCUT2D eigenvalue weighted by molar-refractivity contribution is 0.0475. The molecule has 2 aromatic heterocycles. The zero-order valence-electron chi connectivity index (χ0n) is 17.2. The minimum atomic E-state index is -0.471. The lowest BCUT2D eigenvalue weighted by atomic mass is 9.87. The number of esters is 1. The lowest BCUT2D eigenvalue weighted by Gasteiger charge is -2.18. The van der Waals surface area contributed by atoms with E-state index in [1.807, 2.05) is 43.3 Å². The number of ether oxygens (including phenoxy) is 1. The quantitative estimate of drug-likeness (QED) is 0.369. The third-order valence-corrected chi connectivity index (χ3v) is 6.18. The zero-order valence-corrected chi connectivity index (χ0v) is 17.2. The molecule has 5 nitrogen and oxygen atoms in total. The molecule has 4 aromatic rings. The van der Waals surface area contributed by atoms with Crippen molar-refractivity contribution in [3.8, 4) is 0 Å². The summed E-state index contributed by atoms with van der Waals surface area (Å²) in [5, 5.41) is 1.94. The summed E-state index contributed by atoms with van der Waals surface area (Å²) in [5.74, 6) is -0.0297. The SMILES string of the molecule is Cc1[nH]c2ccccc2c1C(=O)COC(=O)c1ccc2[nH]c3c(c2c1)CC(C)CC3. The summed E-state index contributed by atoms with van der Waals surface area (Å²) in [6, 6.07) is 13.2. The Labute approximate surface area is 174 Å². The van der Waals surface area contributed by atoms with Gasteiger partial charge in [-0.3, -0.25) is 4.79 Å². The van der Waals surface area contributed by atoms with Crippen molar-refractivity contribution in [2.45, 2.75) is 33.1 Å². The highest BCUT2D eigenvalue weighted by Gasteiger charge is 2.22. The topological polar surface area (TPSA) is 75.0 Å². The molecule has 2 N–H and O–H groups in total. The van der Waals surface area contributed by atoms with Gasteiger partial charge in [0.05, 0.1) is 5.56 Å². The van der Waals surface area contributed by atoms with Gasteiger partial charge in [0.2, 0.25) is 5.78 Å². The van der Waals surface area contributed by atoms with Gasteiger partial charge in [0.25, 0.3) is 0 Å². The first-order chi connectivity index (χ1) is 14.5. The van der Waals surface area contributed by atoms with E-state index >= 15 is 0 Å². The Morgan fingerprint density at radius 3 is 2.73 bits per heavy atom. The highest BCUT2D eigenvalue weighted by Crippen LogP contribution is 2.32. The van der Waals surface area contributed by atoms with Crippen molar-refractivity contribution in [3.63, 3.8) is 0 Å². The van der Waals surface area contributed by atoms with Crippen LogP contribution >= 0.6 is 0 Å². The minimum Gasteiger partial charge on any atom is -0.454 e. The molecule has 1 unspecified atom stereocenters. The fraction of sp³-hybridized carbons (Fsp3) is 0.280. The Bertz CT molecular complexity index is 1290. The van der Waals surface area contributed by atoms with Crippen LogP contribution in [0, 0.1) is 12.8 Å². The standard InChI is InChI=1S/C25H24N2O3/c1-14-7-9-21-18(11-14)19-12-16(8-10-22(19)27-21)25(29)30-13-23(28)24-15(2)26-20-6-4-3-5-17(20)24/h3-6,8,10,12,14,26-27H,7,9,11,13H2,1-2H3. The number of carbonyl (C=O) groups is 2. The molecule has 0 spiro atoms. The molecule has 2 heterocycles. The number of aromatic nitrogens is 2. The van der Waals surface area contributed by atoms with Gasteiger partial charge in [-0.15, -0.1) is 0 Å². The Balaban J connectivity index is 1.36. The first-order valence-corrected chi connectivity index (χ1v) is 10.4. The predicted molar refractivity (Wildman–Crippen MR) is 117 cm³/mol. The number of Topliss-reactive ketones (excluding diaryl/α,β-unsaturated/α-hetero) is 1. The molecule has 0 aliphatic heterocycles. The number of H-pyrrole nitrogens is 2. The Morgan fingerprint density at radius 1 is 1.07 bits per heavy atom. The van der Waals surface area contributed by atoms with Crippen molar-refractivity contribution in [1.29, 1.82) is 0 Å². The smallest absolute Gasteiger partial charge is 0.338 e. The van der Waals surface area contributed by atoms with Gasteiger partial charge in [0, 0.05) is 38.8 Å². The molecule has 5 rings (SSSR count). The van der Waals surface area contributed by atoms with Crippen molar-refractivity contribution >= 4 is 33.6 Å². The van der Waals surface area contributed by atoms with Gasteiger partial charge in [0.1, 0.15) is 0 Å². The maximum absolute atomic E-state index is 12.8. The van der Waals surface area contributed by atoms with Crippen molar-refractivity contribution in [2.75, 3.05) is 6.61 Å². The average Bonchev–Trinajstić information content (AvgIpc) is 3.27. The summed E-state index contributed by atoms with van der Waals surface area (Å²) < 4.78 is 5.40. The van der Waals surface area contributed by atoms with Crippen LogP contribution in [0.2, 0.25) is 0 Å². The molecule has 0 amide bonds. The molecular weight excluding hydrogens is 376 g/mol. The van der Waals surface area contributed by atoms with Crippen LogP contribution in [0.3, 0.4) is 0 Å². The number of nitrogens with one attached hydrogen (secondary N) is 2. The van der Waals surface area contributed by atoms with E-state index in [9.17, 15) is 9.59 Å². The van der Waals surface area contributed by atoms with Crippen LogP contribution in [0.15, 0.2) is 42.5 Å². The van der Waals surface area contributed by atoms with Crippen molar-refractivity contribution in [1.82, 2.24) is 9.97 Å². The highest BCUT2D eigenvalue weighted by atomic mass is 16.5. The van der Waals surface area contributed by atoms with Crippen LogP contribution in [0.4, 0.5) is 0 Å². The number of benzene rings is 2. The molecule has 1 atom stereocenters. The molecular formula is C25H24N2O3. The van der Waals surface area contributed by atoms with Crippen molar-refractivity contribution in [2.24, 2.45) is 5.92 Å². The van der Waals surface area contributed by atoms with E-state index in [-0.39, 0.29) is 12.4 Å². The summed E-state index contributed by atoms with van der Waals surface area (Å²) in [7, 11) is 0. The largest absolute Gasteiger partial charge is 0.454 e. The molecule has 1 aliphatic carbocycles. The second kappa shape index (κ2) is 7.17. The van der Waals surface area contributed by atoms with Gasteiger partial charge in [-0.25, -0.2) is 4.79 Å². The lowest BCUT2D eigenvalue weighted by Crippen LogP contribution is -2.15. The number of aryl methyl sites for hydroxylation is 2. The van der Waals surface area contributed by atoms with E-state index < -0.39 is 5.97 Å². The third kappa shape index (κ3) is 3.11. The minimum absolute atomic E-state index is 0.202. The molecule has 0 saturated heterocycles. The van der Waals surface area contributed by atoms with Crippen LogP contribution in [-0.4, -0.2) is 28.3 Å². The summed E-state index contributed by atoms with van der Waals surface area (Å²) >= 11 is 0. The molecule has 0 fully saturated rings. The first kappa shape index (κ1) is 18.7. The third-order valence-electron chi connectivity index (χ3n) is 6.18. The summed E-state index contributed by atoms with van der Waals surface area (Å²) in [6.45, 7) is 3.85. The number of fused-ring (bicyclic) bond motifs is 4. The molecule has 2 aromatic carbocycles. The molecule has 0 bridgehead atoms. The number of carbonyl (C=O) groups excluding carboxylic acids is 2. The summed E-state index contributed by atoms with van der Waals surface area (Å²) in [5.41, 5.74) is 6.39. The molecule has 152 valence electrons. The zero-order chi connectivity index (χ0) is 20.8. The number of hydrogen-bond acceptors (Lipinski definition) is 3. The van der Waals surface area contributed by atoms with E-state index in [1.165, 1.54) is 17.7 Å². The fourth-order valence-electron chi connectivity index (χ4n) is 4.64. The summed E-state index contributed by atoms with van der Waals surface area (Å²) in [4.78, 5) is 32.1. The van der Waals surface area contributed by atoms with Gasteiger partial charge in [0.15, 0.2) is 6.61 Å². The van der Waals surface area contributed by atoms with Gasteiger partial charge < -0.3 is 14.7 Å². The Kier molecular flexibility index (Phi) is 4.46. The van der Waals surface area contributed by atoms with E-state index in [2.05, 4.69) is 16.9 Å². The van der Waals surface area contributed by atoms with Gasteiger partial charge in [-0.2, -0.15) is 0 Å². The molecule has 0 saturated carbocycles. The van der Waals surface area contributed by atoms with Crippen LogP contribution in [0.25, 0.3) is 21.8 Å². The van der Waals surface area contributed by atoms with Gasteiger partial charge in [-0.1, -0.05) is 25.1 Å². The number of para-hydroxylation sites is 1. The average molecular weight is 400 g/mol. The van der Waals surface area contributed by atoms with Crippen LogP contribution in [0.5, 0.6) is 0 Å². The number of hydrogen-bond donors (Lipinski definition) is 2. The molecule has 30 heavy (non-hydrogen) atoms. The molecule has 5 heteroatoms.